The van der Waals surface area contributed by atoms with Crippen LogP contribution >= 0.6 is 0 Å². The van der Waals surface area contributed by atoms with Gasteiger partial charge in [0.05, 0.1) is 6.54 Å². The molecule has 3 heterocycles. The molecule has 0 radical (unpaired) electrons. The summed E-state index contributed by atoms with van der Waals surface area (Å²) in [5, 5.41) is 3.20. The summed E-state index contributed by atoms with van der Waals surface area (Å²) in [4.78, 5) is 20.3. The van der Waals surface area contributed by atoms with Crippen LogP contribution in [0.2, 0.25) is 0 Å². The third-order valence-corrected chi connectivity index (χ3v) is 4.68. The molecular weight excluding hydrogens is 367 g/mol. The standard InChI is InChI=1S/C22H23FN6/c1-2-6-17-14-20(24-15-17)26-21-25-19(10-9-16-7-5-8-18(23)13-16)27-22(28-21)29-11-3-4-12-29/h2,5-10,13-14H,3-4,11-12,15H2,1H3,(H,24,25,26,27,28)/b6-2+,10-9+. The van der Waals surface area contributed by atoms with Crippen molar-refractivity contribution in [2.75, 3.05) is 29.9 Å². The number of halogens is 1. The molecule has 4 rings (SSSR count). The minimum absolute atomic E-state index is 0.272. The Labute approximate surface area is 169 Å². The molecule has 1 fully saturated rings. The van der Waals surface area contributed by atoms with Crippen molar-refractivity contribution >= 4 is 29.9 Å². The monoisotopic (exact) mass is 390 g/mol. The zero-order chi connectivity index (χ0) is 20.1. The van der Waals surface area contributed by atoms with Gasteiger partial charge >= 0.3 is 0 Å². The van der Waals surface area contributed by atoms with Gasteiger partial charge in [-0.05, 0) is 55.2 Å². The van der Waals surface area contributed by atoms with E-state index in [2.05, 4.69) is 30.2 Å². The zero-order valence-corrected chi connectivity index (χ0v) is 16.3. The van der Waals surface area contributed by atoms with E-state index in [-0.39, 0.29) is 5.82 Å². The van der Waals surface area contributed by atoms with Gasteiger partial charge in [0.1, 0.15) is 11.7 Å². The topological polar surface area (TPSA) is 66.3 Å². The van der Waals surface area contributed by atoms with E-state index in [0.29, 0.717) is 24.3 Å². The molecule has 2 aliphatic rings. The molecule has 1 aromatic heterocycles. The lowest BCUT2D eigenvalue weighted by Gasteiger charge is -2.16. The van der Waals surface area contributed by atoms with Gasteiger partial charge in [-0.3, -0.25) is 4.99 Å². The number of hydrogen-bond donors (Lipinski definition) is 1. The summed E-state index contributed by atoms with van der Waals surface area (Å²) in [5.74, 6) is 2.08. The number of nitrogens with one attached hydrogen (secondary N) is 1. The van der Waals surface area contributed by atoms with Gasteiger partial charge in [-0.15, -0.1) is 0 Å². The molecule has 7 heteroatoms. The average molecular weight is 390 g/mol. The van der Waals surface area contributed by atoms with Crippen LogP contribution in [0.1, 0.15) is 31.2 Å². The lowest BCUT2D eigenvalue weighted by atomic mass is 10.2. The second-order valence-electron chi connectivity index (χ2n) is 6.95. The molecule has 2 aromatic rings. The molecule has 148 valence electrons. The van der Waals surface area contributed by atoms with Crippen LogP contribution in [0, 0.1) is 5.82 Å². The summed E-state index contributed by atoms with van der Waals surface area (Å²) in [6.45, 7) is 4.49. The van der Waals surface area contributed by atoms with Gasteiger partial charge < -0.3 is 10.2 Å². The highest BCUT2D eigenvalue weighted by Crippen LogP contribution is 2.19. The van der Waals surface area contributed by atoms with Gasteiger partial charge in [-0.1, -0.05) is 30.4 Å². The van der Waals surface area contributed by atoms with Crippen LogP contribution in [0.4, 0.5) is 16.3 Å². The van der Waals surface area contributed by atoms with Gasteiger partial charge in [-0.2, -0.15) is 15.0 Å². The van der Waals surface area contributed by atoms with E-state index in [1.54, 1.807) is 18.2 Å². The SMILES string of the molecule is C/C=C/C1=CC(Nc2nc(/C=C/c3cccc(F)c3)nc(N3CCCC3)n2)=NC1. The molecule has 0 bridgehead atoms. The van der Waals surface area contributed by atoms with Crippen molar-refractivity contribution in [1.29, 1.82) is 0 Å². The second-order valence-corrected chi connectivity index (χ2v) is 6.95. The first-order valence-corrected chi connectivity index (χ1v) is 9.79. The van der Waals surface area contributed by atoms with E-state index in [0.717, 1.165) is 42.9 Å². The fraction of sp³-hybridized carbons (Fsp3) is 0.273. The van der Waals surface area contributed by atoms with Crippen LogP contribution in [0.15, 0.2) is 53.1 Å². The lowest BCUT2D eigenvalue weighted by Crippen LogP contribution is -2.22. The second kappa shape index (κ2) is 8.77. The van der Waals surface area contributed by atoms with E-state index < -0.39 is 0 Å². The number of amidine groups is 1. The van der Waals surface area contributed by atoms with Crippen LogP contribution in [-0.2, 0) is 0 Å². The first-order valence-electron chi connectivity index (χ1n) is 9.79. The summed E-state index contributed by atoms with van der Waals surface area (Å²) in [6.07, 6.45) is 11.9. The van der Waals surface area contributed by atoms with Crippen molar-refractivity contribution in [3.63, 3.8) is 0 Å². The Bertz CT molecular complexity index is 1000. The predicted molar refractivity (Wildman–Crippen MR) is 115 cm³/mol. The fourth-order valence-electron chi connectivity index (χ4n) is 3.30. The molecule has 0 amide bonds. The molecule has 6 nitrogen and oxygen atoms in total. The number of aromatic nitrogens is 3. The minimum Gasteiger partial charge on any atom is -0.341 e. The van der Waals surface area contributed by atoms with Gasteiger partial charge in [0.25, 0.3) is 0 Å². The number of nitrogens with zero attached hydrogens (tertiary/aromatic N) is 5. The number of aliphatic imine (C=N–C) groups is 1. The van der Waals surface area contributed by atoms with Gasteiger partial charge in [0.15, 0.2) is 5.82 Å². The Balaban J connectivity index is 1.60. The molecule has 0 unspecified atom stereocenters. The number of anilines is 2. The average Bonchev–Trinajstić information content (AvgIpc) is 3.39. The quantitative estimate of drug-likeness (QED) is 0.832. The maximum absolute atomic E-state index is 13.4. The molecule has 29 heavy (non-hydrogen) atoms. The van der Waals surface area contributed by atoms with Crippen LogP contribution in [0.25, 0.3) is 12.2 Å². The first-order chi connectivity index (χ1) is 14.2. The normalized spacial score (nSPS) is 16.7. The molecule has 1 N–H and O–H groups in total. The van der Waals surface area contributed by atoms with Crippen molar-refractivity contribution in [1.82, 2.24) is 15.0 Å². The highest BCUT2D eigenvalue weighted by molar-refractivity contribution is 6.05. The summed E-state index contributed by atoms with van der Waals surface area (Å²) in [5.41, 5.74) is 1.89. The molecule has 0 saturated carbocycles. The smallest absolute Gasteiger partial charge is 0.233 e. The number of benzene rings is 1. The third-order valence-electron chi connectivity index (χ3n) is 4.68. The molecule has 0 atom stereocenters. The Morgan fingerprint density at radius 3 is 2.72 bits per heavy atom. The number of allylic oxidation sites excluding steroid dienone is 1. The molecule has 1 aromatic carbocycles. The van der Waals surface area contributed by atoms with E-state index in [1.807, 2.05) is 31.2 Å². The van der Waals surface area contributed by atoms with Crippen molar-refractivity contribution < 1.29 is 4.39 Å². The van der Waals surface area contributed by atoms with Crippen LogP contribution in [0.5, 0.6) is 0 Å². The van der Waals surface area contributed by atoms with Crippen LogP contribution in [0.3, 0.4) is 0 Å². The Morgan fingerprint density at radius 2 is 1.93 bits per heavy atom. The number of hydrogen-bond acceptors (Lipinski definition) is 6. The highest BCUT2D eigenvalue weighted by Gasteiger charge is 2.17. The molecular formula is C22H23FN6. The van der Waals surface area contributed by atoms with Gasteiger partial charge in [0, 0.05) is 13.1 Å². The third kappa shape index (κ3) is 4.93. The lowest BCUT2D eigenvalue weighted by molar-refractivity contribution is 0.627. The van der Waals surface area contributed by atoms with Crippen LogP contribution in [-0.4, -0.2) is 40.4 Å². The molecule has 1 saturated heterocycles. The largest absolute Gasteiger partial charge is 0.341 e. The Kier molecular flexibility index (Phi) is 5.74. The van der Waals surface area contributed by atoms with Crippen molar-refractivity contribution in [2.45, 2.75) is 19.8 Å². The van der Waals surface area contributed by atoms with Crippen molar-refractivity contribution in [3.05, 3.63) is 65.3 Å². The molecule has 0 aliphatic carbocycles. The summed E-state index contributed by atoms with van der Waals surface area (Å²) < 4.78 is 13.4. The summed E-state index contributed by atoms with van der Waals surface area (Å²) in [6, 6.07) is 6.41. The summed E-state index contributed by atoms with van der Waals surface area (Å²) in [7, 11) is 0. The van der Waals surface area contributed by atoms with E-state index >= 15 is 0 Å². The van der Waals surface area contributed by atoms with Crippen LogP contribution < -0.4 is 10.2 Å². The minimum atomic E-state index is -0.272. The number of rotatable bonds is 5. The molecule has 0 spiro atoms. The fourth-order valence-corrected chi connectivity index (χ4v) is 3.30. The maximum Gasteiger partial charge on any atom is 0.233 e. The maximum atomic E-state index is 13.4. The Morgan fingerprint density at radius 1 is 1.07 bits per heavy atom. The van der Waals surface area contributed by atoms with Crippen molar-refractivity contribution in [2.24, 2.45) is 4.99 Å². The first kappa shape index (κ1) is 19.0. The zero-order valence-electron chi connectivity index (χ0n) is 16.3. The highest BCUT2D eigenvalue weighted by atomic mass is 19.1. The van der Waals surface area contributed by atoms with E-state index in [4.69, 9.17) is 0 Å². The summed E-state index contributed by atoms with van der Waals surface area (Å²) >= 11 is 0. The van der Waals surface area contributed by atoms with Crippen molar-refractivity contribution in [3.8, 4) is 0 Å². The van der Waals surface area contributed by atoms with Gasteiger partial charge in [-0.25, -0.2) is 4.39 Å². The van der Waals surface area contributed by atoms with Gasteiger partial charge in [0.2, 0.25) is 11.9 Å². The molecule has 2 aliphatic heterocycles. The predicted octanol–water partition coefficient (Wildman–Crippen LogP) is 4.11. The Hall–Kier alpha value is -3.35. The van der Waals surface area contributed by atoms with E-state index in [1.165, 1.54) is 12.1 Å². The van der Waals surface area contributed by atoms with E-state index in [9.17, 15) is 4.39 Å².